The van der Waals surface area contributed by atoms with Crippen molar-refractivity contribution >= 4 is 0 Å². The Hall–Kier alpha value is -1.06. The van der Waals surface area contributed by atoms with E-state index in [1.807, 2.05) is 12.1 Å². The van der Waals surface area contributed by atoms with Crippen LogP contribution < -0.4 is 10.5 Å². The van der Waals surface area contributed by atoms with Crippen LogP contribution in [0.15, 0.2) is 24.3 Å². The lowest BCUT2D eigenvalue weighted by Gasteiger charge is -2.39. The fraction of sp³-hybridized carbons (Fsp3) is 0.571. The second-order valence-electron chi connectivity index (χ2n) is 5.32. The lowest BCUT2D eigenvalue weighted by Crippen LogP contribution is -2.45. The van der Waals surface area contributed by atoms with E-state index >= 15 is 0 Å². The molecule has 1 saturated heterocycles. The third-order valence-corrected chi connectivity index (χ3v) is 3.44. The van der Waals surface area contributed by atoms with Crippen molar-refractivity contribution in [3.63, 3.8) is 0 Å². The molecule has 0 amide bonds. The van der Waals surface area contributed by atoms with Gasteiger partial charge in [-0.05, 0) is 38.0 Å². The zero-order valence-electron chi connectivity index (χ0n) is 10.8. The Morgan fingerprint density at radius 3 is 2.53 bits per heavy atom. The average molecular weight is 235 g/mol. The van der Waals surface area contributed by atoms with Gasteiger partial charge in [0.25, 0.3) is 0 Å². The third-order valence-electron chi connectivity index (χ3n) is 3.44. The average Bonchev–Trinajstić information content (AvgIpc) is 2.33. The van der Waals surface area contributed by atoms with Crippen LogP contribution in [-0.4, -0.2) is 25.4 Å². The number of hydrogen-bond donors (Lipinski definition) is 1. The summed E-state index contributed by atoms with van der Waals surface area (Å²) < 4.78 is 10.9. The second kappa shape index (κ2) is 4.67. The molecule has 3 heteroatoms. The van der Waals surface area contributed by atoms with Crippen LogP contribution >= 0.6 is 0 Å². The quantitative estimate of drug-likeness (QED) is 0.855. The fourth-order valence-electron chi connectivity index (χ4n) is 2.39. The Labute approximate surface area is 103 Å². The van der Waals surface area contributed by atoms with Crippen LogP contribution in [0.3, 0.4) is 0 Å². The van der Waals surface area contributed by atoms with E-state index in [4.69, 9.17) is 15.2 Å². The third kappa shape index (κ3) is 2.79. The van der Waals surface area contributed by atoms with Crippen molar-refractivity contribution in [1.82, 2.24) is 0 Å². The van der Waals surface area contributed by atoms with E-state index in [0.717, 1.165) is 12.2 Å². The largest absolute Gasteiger partial charge is 0.497 e. The molecule has 1 aliphatic heterocycles. The standard InChI is InChI=1S/C14H21NO2/c1-14(2)8-12(13(15)9-17-14)10-4-6-11(16-3)7-5-10/h4-7,12-13H,8-9,15H2,1-3H3. The summed E-state index contributed by atoms with van der Waals surface area (Å²) in [6, 6.07) is 8.27. The van der Waals surface area contributed by atoms with E-state index in [1.54, 1.807) is 7.11 Å². The molecule has 3 nitrogen and oxygen atoms in total. The van der Waals surface area contributed by atoms with Crippen molar-refractivity contribution in [3.8, 4) is 5.75 Å². The maximum Gasteiger partial charge on any atom is 0.118 e. The molecule has 2 unspecified atom stereocenters. The molecule has 1 aromatic rings. The molecule has 0 aliphatic carbocycles. The van der Waals surface area contributed by atoms with Gasteiger partial charge in [0.05, 0.1) is 19.3 Å². The van der Waals surface area contributed by atoms with Crippen LogP contribution in [0, 0.1) is 0 Å². The van der Waals surface area contributed by atoms with E-state index in [0.29, 0.717) is 12.5 Å². The highest BCUT2D eigenvalue weighted by Crippen LogP contribution is 2.35. The molecular formula is C14H21NO2. The van der Waals surface area contributed by atoms with Crippen molar-refractivity contribution in [1.29, 1.82) is 0 Å². The van der Waals surface area contributed by atoms with E-state index in [2.05, 4.69) is 26.0 Å². The molecular weight excluding hydrogens is 214 g/mol. The van der Waals surface area contributed by atoms with Crippen LogP contribution in [0.25, 0.3) is 0 Å². The van der Waals surface area contributed by atoms with Crippen LogP contribution in [0.5, 0.6) is 5.75 Å². The molecule has 1 heterocycles. The van der Waals surface area contributed by atoms with Gasteiger partial charge in [-0.15, -0.1) is 0 Å². The van der Waals surface area contributed by atoms with Gasteiger partial charge in [0, 0.05) is 12.0 Å². The molecule has 0 radical (unpaired) electrons. The molecule has 1 fully saturated rings. The number of nitrogens with two attached hydrogens (primary N) is 1. The first-order chi connectivity index (χ1) is 8.02. The molecule has 2 rings (SSSR count). The van der Waals surface area contributed by atoms with Gasteiger partial charge in [0.2, 0.25) is 0 Å². The van der Waals surface area contributed by atoms with Crippen molar-refractivity contribution in [2.24, 2.45) is 5.73 Å². The van der Waals surface area contributed by atoms with Gasteiger partial charge in [-0.3, -0.25) is 0 Å². The summed E-state index contributed by atoms with van der Waals surface area (Å²) in [6.07, 6.45) is 0.959. The lowest BCUT2D eigenvalue weighted by molar-refractivity contribution is -0.0682. The number of methoxy groups -OCH3 is 1. The highest BCUT2D eigenvalue weighted by atomic mass is 16.5. The van der Waals surface area contributed by atoms with E-state index < -0.39 is 0 Å². The van der Waals surface area contributed by atoms with Gasteiger partial charge in [0.15, 0.2) is 0 Å². The van der Waals surface area contributed by atoms with Gasteiger partial charge in [-0.1, -0.05) is 12.1 Å². The first-order valence-electron chi connectivity index (χ1n) is 6.05. The first kappa shape index (κ1) is 12.4. The molecule has 94 valence electrons. The number of benzene rings is 1. The maximum atomic E-state index is 6.15. The Bertz CT molecular complexity index is 372. The smallest absolute Gasteiger partial charge is 0.118 e. The van der Waals surface area contributed by atoms with Gasteiger partial charge in [-0.2, -0.15) is 0 Å². The fourth-order valence-corrected chi connectivity index (χ4v) is 2.39. The van der Waals surface area contributed by atoms with Crippen LogP contribution in [-0.2, 0) is 4.74 Å². The monoisotopic (exact) mass is 235 g/mol. The van der Waals surface area contributed by atoms with Gasteiger partial charge >= 0.3 is 0 Å². The van der Waals surface area contributed by atoms with Crippen LogP contribution in [0.4, 0.5) is 0 Å². The predicted molar refractivity (Wildman–Crippen MR) is 68.4 cm³/mol. The van der Waals surface area contributed by atoms with Gasteiger partial charge < -0.3 is 15.2 Å². The minimum absolute atomic E-state index is 0.0800. The van der Waals surface area contributed by atoms with Crippen molar-refractivity contribution in [2.45, 2.75) is 37.8 Å². The number of rotatable bonds is 2. The van der Waals surface area contributed by atoms with E-state index in [1.165, 1.54) is 5.56 Å². The lowest BCUT2D eigenvalue weighted by atomic mass is 9.81. The topological polar surface area (TPSA) is 44.5 Å². The zero-order valence-corrected chi connectivity index (χ0v) is 10.8. The van der Waals surface area contributed by atoms with Gasteiger partial charge in [0.1, 0.15) is 5.75 Å². The Morgan fingerprint density at radius 1 is 1.29 bits per heavy atom. The molecule has 0 saturated carbocycles. The highest BCUT2D eigenvalue weighted by molar-refractivity contribution is 5.30. The van der Waals surface area contributed by atoms with E-state index in [-0.39, 0.29) is 11.6 Å². The summed E-state index contributed by atoms with van der Waals surface area (Å²) >= 11 is 0. The Balaban J connectivity index is 2.18. The first-order valence-corrected chi connectivity index (χ1v) is 6.05. The predicted octanol–water partition coefficient (Wildman–Crippen LogP) is 2.31. The maximum absolute atomic E-state index is 6.15. The minimum Gasteiger partial charge on any atom is -0.497 e. The molecule has 0 aromatic heterocycles. The van der Waals surface area contributed by atoms with Crippen LogP contribution in [0.1, 0.15) is 31.7 Å². The summed E-state index contributed by atoms with van der Waals surface area (Å²) in [5, 5.41) is 0. The Morgan fingerprint density at radius 2 is 1.94 bits per heavy atom. The van der Waals surface area contributed by atoms with Crippen molar-refractivity contribution in [2.75, 3.05) is 13.7 Å². The van der Waals surface area contributed by atoms with E-state index in [9.17, 15) is 0 Å². The molecule has 17 heavy (non-hydrogen) atoms. The zero-order chi connectivity index (χ0) is 12.5. The Kier molecular flexibility index (Phi) is 3.40. The SMILES string of the molecule is COc1ccc(C2CC(C)(C)OCC2N)cc1. The molecule has 1 aromatic carbocycles. The second-order valence-corrected chi connectivity index (χ2v) is 5.32. The number of hydrogen-bond acceptors (Lipinski definition) is 3. The normalized spacial score (nSPS) is 27.8. The molecule has 1 aliphatic rings. The summed E-state index contributed by atoms with van der Waals surface area (Å²) in [5.41, 5.74) is 7.34. The summed E-state index contributed by atoms with van der Waals surface area (Å²) in [4.78, 5) is 0. The summed E-state index contributed by atoms with van der Waals surface area (Å²) in [6.45, 7) is 4.87. The minimum atomic E-state index is -0.0829. The van der Waals surface area contributed by atoms with Crippen molar-refractivity contribution < 1.29 is 9.47 Å². The van der Waals surface area contributed by atoms with Crippen molar-refractivity contribution in [3.05, 3.63) is 29.8 Å². The van der Waals surface area contributed by atoms with Crippen LogP contribution in [0.2, 0.25) is 0 Å². The van der Waals surface area contributed by atoms with Gasteiger partial charge in [-0.25, -0.2) is 0 Å². The molecule has 2 atom stereocenters. The highest BCUT2D eigenvalue weighted by Gasteiger charge is 2.34. The molecule has 0 bridgehead atoms. The number of ether oxygens (including phenoxy) is 2. The molecule has 2 N–H and O–H groups in total. The molecule has 0 spiro atoms. The summed E-state index contributed by atoms with van der Waals surface area (Å²) in [7, 11) is 1.68. The summed E-state index contributed by atoms with van der Waals surface area (Å²) in [5.74, 6) is 1.25.